The predicted molar refractivity (Wildman–Crippen MR) is 76.9 cm³/mol. The highest BCUT2D eigenvalue weighted by Gasteiger charge is 2.21. The molecule has 1 fully saturated rings. The highest BCUT2D eigenvalue weighted by atomic mass is 79.9. The van der Waals surface area contributed by atoms with Crippen molar-refractivity contribution in [1.29, 1.82) is 0 Å². The Morgan fingerprint density at radius 1 is 1.44 bits per heavy atom. The Morgan fingerprint density at radius 3 is 2.62 bits per heavy atom. The first kappa shape index (κ1) is 13.0. The van der Waals surface area contributed by atoms with E-state index in [2.05, 4.69) is 43.2 Å². The lowest BCUT2D eigenvalue weighted by Crippen LogP contribution is -2.34. The first-order valence-corrected chi connectivity index (χ1v) is 8.02. The highest BCUT2D eigenvalue weighted by molar-refractivity contribution is 9.13. The minimum atomic E-state index is 0.302. The lowest BCUT2D eigenvalue weighted by molar-refractivity contribution is 0.449. The van der Waals surface area contributed by atoms with Gasteiger partial charge in [0.25, 0.3) is 0 Å². The predicted octanol–water partition coefficient (Wildman–Crippen LogP) is 3.81. The number of hydrogen-bond donors (Lipinski definition) is 2. The summed E-state index contributed by atoms with van der Waals surface area (Å²) in [4.78, 5) is 1.31. The first-order chi connectivity index (χ1) is 7.70. The molecule has 0 saturated heterocycles. The van der Waals surface area contributed by atoms with Gasteiger partial charge in [0.15, 0.2) is 0 Å². The molecule has 0 aliphatic heterocycles. The van der Waals surface area contributed by atoms with Crippen LogP contribution in [0.4, 0.5) is 0 Å². The van der Waals surface area contributed by atoms with Gasteiger partial charge in [-0.05, 0) is 50.8 Å². The number of nitrogens with one attached hydrogen (secondary N) is 1. The van der Waals surface area contributed by atoms with Crippen LogP contribution in [0.1, 0.15) is 36.6 Å². The standard InChI is InChI=1S/C11H16Br2N2S/c12-8-5-10(16-11(8)13)9(6-14)15-7-3-1-2-4-7/h5,7,9,15H,1-4,6,14H2. The lowest BCUT2D eigenvalue weighted by atomic mass is 10.2. The maximum atomic E-state index is 5.86. The van der Waals surface area contributed by atoms with Crippen molar-refractivity contribution < 1.29 is 0 Å². The Kier molecular flexibility index (Phi) is 4.85. The number of rotatable bonds is 4. The summed E-state index contributed by atoms with van der Waals surface area (Å²) >= 11 is 8.81. The molecule has 0 radical (unpaired) electrons. The molecule has 1 heterocycles. The average molecular weight is 368 g/mol. The molecule has 0 bridgehead atoms. The van der Waals surface area contributed by atoms with E-state index in [-0.39, 0.29) is 0 Å². The molecule has 0 aromatic carbocycles. The van der Waals surface area contributed by atoms with Crippen molar-refractivity contribution in [2.75, 3.05) is 6.54 Å². The van der Waals surface area contributed by atoms with Crippen molar-refractivity contribution in [3.8, 4) is 0 Å². The minimum Gasteiger partial charge on any atom is -0.329 e. The van der Waals surface area contributed by atoms with Crippen molar-refractivity contribution in [2.45, 2.75) is 37.8 Å². The molecule has 90 valence electrons. The smallest absolute Gasteiger partial charge is 0.0843 e. The van der Waals surface area contributed by atoms with E-state index < -0.39 is 0 Å². The Hall–Kier alpha value is 0.580. The highest BCUT2D eigenvalue weighted by Crippen LogP contribution is 2.35. The topological polar surface area (TPSA) is 38.0 Å². The molecular weight excluding hydrogens is 352 g/mol. The number of halogens is 2. The van der Waals surface area contributed by atoms with E-state index in [1.165, 1.54) is 30.6 Å². The van der Waals surface area contributed by atoms with Gasteiger partial charge in [0, 0.05) is 21.9 Å². The Labute approximate surface area is 117 Å². The van der Waals surface area contributed by atoms with Crippen LogP contribution in [0.15, 0.2) is 14.3 Å². The fourth-order valence-electron chi connectivity index (χ4n) is 2.18. The molecule has 2 nitrogen and oxygen atoms in total. The van der Waals surface area contributed by atoms with Crippen LogP contribution >= 0.6 is 43.2 Å². The molecule has 1 aliphatic rings. The maximum Gasteiger partial charge on any atom is 0.0843 e. The second-order valence-corrected chi connectivity index (χ2v) is 7.46. The molecule has 16 heavy (non-hydrogen) atoms. The fourth-order valence-corrected chi connectivity index (χ4v) is 4.34. The van der Waals surface area contributed by atoms with E-state index in [0.717, 1.165) is 8.26 Å². The van der Waals surface area contributed by atoms with Crippen molar-refractivity contribution in [2.24, 2.45) is 5.73 Å². The van der Waals surface area contributed by atoms with Crippen LogP contribution < -0.4 is 11.1 Å². The van der Waals surface area contributed by atoms with Gasteiger partial charge in [0.1, 0.15) is 0 Å². The number of hydrogen-bond acceptors (Lipinski definition) is 3. The van der Waals surface area contributed by atoms with Crippen LogP contribution in [0, 0.1) is 0 Å². The van der Waals surface area contributed by atoms with Crippen molar-refractivity contribution in [3.63, 3.8) is 0 Å². The first-order valence-electron chi connectivity index (χ1n) is 5.61. The van der Waals surface area contributed by atoms with Crippen LogP contribution in [0.2, 0.25) is 0 Å². The zero-order valence-electron chi connectivity index (χ0n) is 9.01. The summed E-state index contributed by atoms with van der Waals surface area (Å²) in [5.41, 5.74) is 5.86. The van der Waals surface area contributed by atoms with E-state index in [4.69, 9.17) is 5.73 Å². The van der Waals surface area contributed by atoms with Gasteiger partial charge >= 0.3 is 0 Å². The van der Waals surface area contributed by atoms with Gasteiger partial charge < -0.3 is 11.1 Å². The van der Waals surface area contributed by atoms with Gasteiger partial charge in [-0.15, -0.1) is 11.3 Å². The fraction of sp³-hybridized carbons (Fsp3) is 0.636. The zero-order valence-corrected chi connectivity index (χ0v) is 13.0. The lowest BCUT2D eigenvalue weighted by Gasteiger charge is -2.20. The van der Waals surface area contributed by atoms with E-state index >= 15 is 0 Å². The molecular formula is C11H16Br2N2S. The molecule has 0 amide bonds. The van der Waals surface area contributed by atoms with Crippen LogP contribution in [-0.2, 0) is 0 Å². The molecule has 1 aromatic heterocycles. The Morgan fingerprint density at radius 2 is 2.12 bits per heavy atom. The summed E-state index contributed by atoms with van der Waals surface area (Å²) in [5, 5.41) is 3.67. The normalized spacial score (nSPS) is 19.2. The van der Waals surface area contributed by atoms with Crippen molar-refractivity contribution in [3.05, 3.63) is 19.2 Å². The summed E-state index contributed by atoms with van der Waals surface area (Å²) in [6, 6.07) is 3.12. The largest absolute Gasteiger partial charge is 0.329 e. The molecule has 1 aromatic rings. The average Bonchev–Trinajstić information content (AvgIpc) is 2.86. The molecule has 1 saturated carbocycles. The van der Waals surface area contributed by atoms with Gasteiger partial charge in [-0.25, -0.2) is 0 Å². The second kappa shape index (κ2) is 5.96. The summed E-state index contributed by atoms with van der Waals surface area (Å²) in [7, 11) is 0. The number of nitrogens with two attached hydrogens (primary N) is 1. The second-order valence-electron chi connectivity index (χ2n) is 4.21. The van der Waals surface area contributed by atoms with E-state index in [1.807, 2.05) is 0 Å². The summed E-state index contributed by atoms with van der Waals surface area (Å²) in [6.45, 7) is 0.663. The molecule has 1 aliphatic carbocycles. The third-order valence-corrected chi connectivity index (χ3v) is 6.41. The zero-order chi connectivity index (χ0) is 11.5. The van der Waals surface area contributed by atoms with Crippen LogP contribution in [0.25, 0.3) is 0 Å². The third-order valence-electron chi connectivity index (χ3n) is 3.04. The molecule has 0 spiro atoms. The van der Waals surface area contributed by atoms with Gasteiger partial charge in [0.05, 0.1) is 9.83 Å². The molecule has 3 N–H and O–H groups in total. The maximum absolute atomic E-state index is 5.86. The van der Waals surface area contributed by atoms with Gasteiger partial charge in [-0.1, -0.05) is 12.8 Å². The molecule has 5 heteroatoms. The summed E-state index contributed by atoms with van der Waals surface area (Å²) in [5.74, 6) is 0. The van der Waals surface area contributed by atoms with Crippen molar-refractivity contribution >= 4 is 43.2 Å². The van der Waals surface area contributed by atoms with Crippen LogP contribution in [0.5, 0.6) is 0 Å². The SMILES string of the molecule is NCC(NC1CCCC1)c1cc(Br)c(Br)s1. The molecule has 2 rings (SSSR count). The van der Waals surface area contributed by atoms with E-state index in [9.17, 15) is 0 Å². The van der Waals surface area contributed by atoms with Gasteiger partial charge in [0.2, 0.25) is 0 Å². The minimum absolute atomic E-state index is 0.302. The summed E-state index contributed by atoms with van der Waals surface area (Å²) < 4.78 is 2.27. The van der Waals surface area contributed by atoms with E-state index in [0.29, 0.717) is 18.6 Å². The van der Waals surface area contributed by atoms with Crippen molar-refractivity contribution in [1.82, 2.24) is 5.32 Å². The quantitative estimate of drug-likeness (QED) is 0.849. The molecule has 1 atom stereocenters. The number of thiophene rings is 1. The van der Waals surface area contributed by atoms with E-state index in [1.54, 1.807) is 11.3 Å². The summed E-state index contributed by atoms with van der Waals surface area (Å²) in [6.07, 6.45) is 5.30. The Balaban J connectivity index is 2.03. The van der Waals surface area contributed by atoms with Crippen LogP contribution in [0.3, 0.4) is 0 Å². The van der Waals surface area contributed by atoms with Crippen LogP contribution in [-0.4, -0.2) is 12.6 Å². The monoisotopic (exact) mass is 366 g/mol. The Bertz CT molecular complexity index is 328. The third kappa shape index (κ3) is 3.07. The molecule has 1 unspecified atom stereocenters. The van der Waals surface area contributed by atoms with Gasteiger partial charge in [-0.3, -0.25) is 0 Å². The van der Waals surface area contributed by atoms with Gasteiger partial charge in [-0.2, -0.15) is 0 Å².